The highest BCUT2D eigenvalue weighted by Crippen LogP contribution is 2.28. The molecule has 1 heterocycles. The molecule has 0 atom stereocenters. The lowest BCUT2D eigenvalue weighted by Gasteiger charge is -2.31. The molecule has 9 nitrogen and oxygen atoms in total. The maximum atomic E-state index is 12.6. The molecule has 0 radical (unpaired) electrons. The number of benzene rings is 3. The predicted octanol–water partition coefficient (Wildman–Crippen LogP) is 4.29. The SMILES string of the molecule is O=C(O)CNCCc1cccc(CNC(=O)CCN2CCC(OC(=O)Nc3ccccc3-c3ccccc3)CC2)c1. The highest BCUT2D eigenvalue weighted by atomic mass is 16.6. The number of likely N-dealkylation sites (tertiary alicyclic amines) is 1. The number of carbonyl (C=O) groups is 3. The standard InChI is InChI=1S/C32H38N4O5/c37-30(34-22-25-8-6-7-24(21-25)13-17-33-23-31(38)39)16-20-36-18-14-27(15-19-36)41-32(40)35-29-12-5-4-11-28(29)26-9-2-1-3-10-26/h1-12,21,27,33H,13-20,22-23H2,(H,34,37)(H,35,40)(H,38,39). The van der Waals surface area contributed by atoms with Crippen molar-refractivity contribution < 1.29 is 24.2 Å². The monoisotopic (exact) mass is 558 g/mol. The Bertz CT molecular complexity index is 1290. The Morgan fingerprint density at radius 3 is 2.41 bits per heavy atom. The Kier molecular flexibility index (Phi) is 11.3. The molecule has 3 aromatic rings. The van der Waals surface area contributed by atoms with Gasteiger partial charge in [-0.05, 0) is 48.6 Å². The molecule has 0 aromatic heterocycles. The zero-order valence-corrected chi connectivity index (χ0v) is 23.2. The van der Waals surface area contributed by atoms with Crippen LogP contribution in [0.5, 0.6) is 0 Å². The molecule has 0 bridgehead atoms. The van der Waals surface area contributed by atoms with Crippen LogP contribution in [0.1, 0.15) is 30.4 Å². The third-order valence-electron chi connectivity index (χ3n) is 7.06. The first kappa shape index (κ1) is 29.8. The lowest BCUT2D eigenvalue weighted by Crippen LogP contribution is -2.40. The number of piperidine rings is 1. The maximum Gasteiger partial charge on any atom is 0.411 e. The van der Waals surface area contributed by atoms with Gasteiger partial charge in [-0.15, -0.1) is 0 Å². The van der Waals surface area contributed by atoms with Crippen LogP contribution in [0.3, 0.4) is 0 Å². The van der Waals surface area contributed by atoms with Gasteiger partial charge in [0.1, 0.15) is 6.10 Å². The number of rotatable bonds is 13. The fourth-order valence-electron chi connectivity index (χ4n) is 4.87. The van der Waals surface area contributed by atoms with E-state index in [9.17, 15) is 14.4 Å². The molecule has 1 aliphatic heterocycles. The number of hydrogen-bond donors (Lipinski definition) is 4. The van der Waals surface area contributed by atoms with Gasteiger partial charge in [-0.2, -0.15) is 0 Å². The van der Waals surface area contributed by atoms with Gasteiger partial charge in [0, 0.05) is 38.2 Å². The van der Waals surface area contributed by atoms with E-state index in [4.69, 9.17) is 9.84 Å². The number of carboxylic acid groups (broad SMARTS) is 1. The largest absolute Gasteiger partial charge is 0.480 e. The van der Waals surface area contributed by atoms with Crippen LogP contribution in [0.25, 0.3) is 11.1 Å². The van der Waals surface area contributed by atoms with Crippen LogP contribution in [0.2, 0.25) is 0 Å². The van der Waals surface area contributed by atoms with Crippen LogP contribution in [-0.4, -0.2) is 66.8 Å². The zero-order valence-electron chi connectivity index (χ0n) is 23.2. The van der Waals surface area contributed by atoms with Gasteiger partial charge in [-0.25, -0.2) is 4.79 Å². The van der Waals surface area contributed by atoms with Gasteiger partial charge in [0.25, 0.3) is 0 Å². The van der Waals surface area contributed by atoms with Crippen molar-refractivity contribution in [1.82, 2.24) is 15.5 Å². The van der Waals surface area contributed by atoms with Crippen LogP contribution in [0.4, 0.5) is 10.5 Å². The van der Waals surface area contributed by atoms with Crippen molar-refractivity contribution in [2.75, 3.05) is 38.0 Å². The number of hydrogen-bond acceptors (Lipinski definition) is 6. The van der Waals surface area contributed by atoms with E-state index in [0.29, 0.717) is 31.7 Å². The zero-order chi connectivity index (χ0) is 28.9. The summed E-state index contributed by atoms with van der Waals surface area (Å²) in [7, 11) is 0. The highest BCUT2D eigenvalue weighted by molar-refractivity contribution is 5.91. The smallest absolute Gasteiger partial charge is 0.411 e. The summed E-state index contributed by atoms with van der Waals surface area (Å²) in [5, 5.41) is 17.5. The Labute approximate surface area is 240 Å². The molecule has 216 valence electrons. The van der Waals surface area contributed by atoms with Crippen molar-refractivity contribution in [2.45, 2.75) is 38.3 Å². The second kappa shape index (κ2) is 15.5. The third kappa shape index (κ3) is 10.0. The summed E-state index contributed by atoms with van der Waals surface area (Å²) in [5.74, 6) is -0.878. The van der Waals surface area contributed by atoms with Crippen LogP contribution in [-0.2, 0) is 27.3 Å². The maximum absolute atomic E-state index is 12.6. The Balaban J connectivity index is 1.13. The number of nitrogens with one attached hydrogen (secondary N) is 3. The molecule has 41 heavy (non-hydrogen) atoms. The summed E-state index contributed by atoms with van der Waals surface area (Å²) in [4.78, 5) is 37.9. The predicted molar refractivity (Wildman–Crippen MR) is 159 cm³/mol. The quantitative estimate of drug-likeness (QED) is 0.231. The van der Waals surface area contributed by atoms with Gasteiger partial charge in [0.05, 0.1) is 12.2 Å². The van der Waals surface area contributed by atoms with E-state index < -0.39 is 12.1 Å². The average Bonchev–Trinajstić information content (AvgIpc) is 2.99. The lowest BCUT2D eigenvalue weighted by atomic mass is 10.0. The molecular formula is C32H38N4O5. The minimum atomic E-state index is -0.872. The lowest BCUT2D eigenvalue weighted by molar-refractivity contribution is -0.136. The van der Waals surface area contributed by atoms with Crippen molar-refractivity contribution in [3.63, 3.8) is 0 Å². The number of nitrogens with zero attached hydrogens (tertiary/aromatic N) is 1. The summed E-state index contributed by atoms with van der Waals surface area (Å²) in [6, 6.07) is 25.5. The molecular weight excluding hydrogens is 520 g/mol. The van der Waals surface area contributed by atoms with Crippen molar-refractivity contribution in [3.8, 4) is 11.1 Å². The average molecular weight is 559 g/mol. The van der Waals surface area contributed by atoms with Gasteiger partial charge in [-0.3, -0.25) is 14.9 Å². The Hall–Kier alpha value is -4.21. The van der Waals surface area contributed by atoms with E-state index in [1.54, 1.807) is 0 Å². The number of aliphatic carboxylic acids is 1. The normalized spacial score (nSPS) is 13.9. The molecule has 1 aliphatic rings. The van der Waals surface area contributed by atoms with E-state index >= 15 is 0 Å². The topological polar surface area (TPSA) is 120 Å². The minimum absolute atomic E-state index is 0.00615. The van der Waals surface area contributed by atoms with Crippen molar-refractivity contribution in [1.29, 1.82) is 0 Å². The number of para-hydroxylation sites is 1. The van der Waals surface area contributed by atoms with Crippen molar-refractivity contribution >= 4 is 23.7 Å². The molecule has 4 N–H and O–H groups in total. The van der Waals surface area contributed by atoms with E-state index in [0.717, 1.165) is 54.6 Å². The minimum Gasteiger partial charge on any atom is -0.480 e. The van der Waals surface area contributed by atoms with E-state index in [1.807, 2.05) is 78.9 Å². The molecule has 3 aromatic carbocycles. The molecule has 0 aliphatic carbocycles. The van der Waals surface area contributed by atoms with E-state index in [-0.39, 0.29) is 18.6 Å². The molecule has 0 spiro atoms. The van der Waals surface area contributed by atoms with Crippen molar-refractivity contribution in [3.05, 3.63) is 90.0 Å². The van der Waals surface area contributed by atoms with E-state index in [1.165, 1.54) is 0 Å². The summed E-state index contributed by atoms with van der Waals surface area (Å²) < 4.78 is 5.71. The molecule has 1 saturated heterocycles. The Morgan fingerprint density at radius 2 is 1.63 bits per heavy atom. The number of carbonyl (C=O) groups excluding carboxylic acids is 2. The van der Waals surface area contributed by atoms with Gasteiger partial charge in [-0.1, -0.05) is 72.8 Å². The van der Waals surface area contributed by atoms with Crippen LogP contribution in [0.15, 0.2) is 78.9 Å². The van der Waals surface area contributed by atoms with Gasteiger partial charge in [0.2, 0.25) is 5.91 Å². The van der Waals surface area contributed by atoms with E-state index in [2.05, 4.69) is 20.9 Å². The summed E-state index contributed by atoms with van der Waals surface area (Å²) in [6.45, 7) is 3.17. The molecule has 0 saturated carbocycles. The third-order valence-corrected chi connectivity index (χ3v) is 7.06. The van der Waals surface area contributed by atoms with Crippen LogP contribution < -0.4 is 16.0 Å². The highest BCUT2D eigenvalue weighted by Gasteiger charge is 2.23. The number of anilines is 1. The van der Waals surface area contributed by atoms with Gasteiger partial charge < -0.3 is 25.4 Å². The Morgan fingerprint density at radius 1 is 0.902 bits per heavy atom. The van der Waals surface area contributed by atoms with Crippen LogP contribution >= 0.6 is 0 Å². The molecule has 1 fully saturated rings. The number of carboxylic acids is 1. The first-order valence-corrected chi connectivity index (χ1v) is 14.1. The van der Waals surface area contributed by atoms with Gasteiger partial charge >= 0.3 is 12.1 Å². The molecule has 2 amide bonds. The number of amides is 2. The fourth-order valence-corrected chi connectivity index (χ4v) is 4.87. The number of ether oxygens (including phenoxy) is 1. The summed E-state index contributed by atoms with van der Waals surface area (Å²) >= 11 is 0. The fraction of sp³-hybridized carbons (Fsp3) is 0.344. The summed E-state index contributed by atoms with van der Waals surface area (Å²) in [5.41, 5.74) is 4.78. The first-order chi connectivity index (χ1) is 20.0. The first-order valence-electron chi connectivity index (χ1n) is 14.1. The molecule has 9 heteroatoms. The second-order valence-corrected chi connectivity index (χ2v) is 10.2. The molecule has 0 unspecified atom stereocenters. The summed E-state index contributed by atoms with van der Waals surface area (Å²) in [6.07, 6.45) is 1.97. The second-order valence-electron chi connectivity index (χ2n) is 10.2. The molecule has 4 rings (SSSR count). The van der Waals surface area contributed by atoms with Crippen LogP contribution in [0, 0.1) is 0 Å². The van der Waals surface area contributed by atoms with Gasteiger partial charge in [0.15, 0.2) is 0 Å². The van der Waals surface area contributed by atoms with Crippen molar-refractivity contribution in [2.24, 2.45) is 0 Å².